The third-order valence-electron chi connectivity index (χ3n) is 4.26. The van der Waals surface area contributed by atoms with Crippen LogP contribution in [0, 0.1) is 12.3 Å². The molecule has 20 heavy (non-hydrogen) atoms. The fraction of sp³-hybridized carbons (Fsp3) is 0.471. The second kappa shape index (κ2) is 4.65. The number of nitrogens with zero attached hydrogens (tertiary/aromatic N) is 2. The van der Waals surface area contributed by atoms with Crippen LogP contribution in [0.5, 0.6) is 0 Å². The number of hydrogen-bond donors (Lipinski definition) is 0. The molecule has 0 unspecified atom stereocenters. The standard InChI is InChI=1S/C17H22N2O/c1-13-4-5-15-14(10-13)6-8-18(15)11-16(20)19-9-7-17(2,3)12-19/h4-6,8,10H,7,9,11-12H2,1-3H3. The van der Waals surface area contributed by atoms with Crippen molar-refractivity contribution in [1.29, 1.82) is 0 Å². The Kier molecular flexibility index (Phi) is 3.08. The number of amides is 1. The molecule has 1 amide bonds. The van der Waals surface area contributed by atoms with Crippen molar-refractivity contribution < 1.29 is 4.79 Å². The second-order valence-electron chi connectivity index (χ2n) is 6.74. The maximum Gasteiger partial charge on any atom is 0.242 e. The molecule has 0 N–H and O–H groups in total. The first-order valence-corrected chi connectivity index (χ1v) is 7.28. The minimum absolute atomic E-state index is 0.230. The van der Waals surface area contributed by atoms with Crippen LogP contribution in [0.4, 0.5) is 0 Å². The lowest BCUT2D eigenvalue weighted by Gasteiger charge is -2.20. The molecule has 0 aliphatic carbocycles. The van der Waals surface area contributed by atoms with Gasteiger partial charge in [-0.05, 0) is 42.3 Å². The van der Waals surface area contributed by atoms with Crippen LogP contribution >= 0.6 is 0 Å². The van der Waals surface area contributed by atoms with Crippen LogP contribution in [0.2, 0.25) is 0 Å². The predicted octanol–water partition coefficient (Wildman–Crippen LogP) is 3.21. The van der Waals surface area contributed by atoms with Gasteiger partial charge in [0.05, 0.1) is 0 Å². The summed E-state index contributed by atoms with van der Waals surface area (Å²) in [7, 11) is 0. The summed E-state index contributed by atoms with van der Waals surface area (Å²) in [6.07, 6.45) is 3.12. The first-order valence-electron chi connectivity index (χ1n) is 7.28. The Bertz CT molecular complexity index is 654. The summed E-state index contributed by atoms with van der Waals surface area (Å²) >= 11 is 0. The van der Waals surface area contributed by atoms with Crippen LogP contribution in [0.25, 0.3) is 10.9 Å². The molecular formula is C17H22N2O. The Labute approximate surface area is 120 Å². The zero-order valence-electron chi connectivity index (χ0n) is 12.5. The zero-order valence-corrected chi connectivity index (χ0v) is 12.5. The van der Waals surface area contributed by atoms with E-state index in [2.05, 4.69) is 49.6 Å². The van der Waals surface area contributed by atoms with Gasteiger partial charge in [-0.3, -0.25) is 4.79 Å². The van der Waals surface area contributed by atoms with E-state index < -0.39 is 0 Å². The second-order valence-corrected chi connectivity index (χ2v) is 6.74. The Morgan fingerprint density at radius 1 is 1.30 bits per heavy atom. The van der Waals surface area contributed by atoms with Gasteiger partial charge in [-0.15, -0.1) is 0 Å². The fourth-order valence-electron chi connectivity index (χ4n) is 3.03. The van der Waals surface area contributed by atoms with E-state index in [0.717, 1.165) is 25.0 Å². The molecule has 106 valence electrons. The molecule has 2 aromatic rings. The van der Waals surface area contributed by atoms with Gasteiger partial charge in [-0.2, -0.15) is 0 Å². The average molecular weight is 270 g/mol. The molecule has 1 fully saturated rings. The van der Waals surface area contributed by atoms with Gasteiger partial charge in [-0.1, -0.05) is 25.5 Å². The fourth-order valence-corrected chi connectivity index (χ4v) is 3.03. The minimum atomic E-state index is 0.230. The van der Waals surface area contributed by atoms with Gasteiger partial charge in [0.1, 0.15) is 6.54 Å². The lowest BCUT2D eigenvalue weighted by atomic mass is 9.93. The van der Waals surface area contributed by atoms with Crippen LogP contribution in [0.15, 0.2) is 30.5 Å². The molecule has 1 aliphatic heterocycles. The summed E-state index contributed by atoms with van der Waals surface area (Å²) in [5, 5.41) is 1.21. The third-order valence-corrected chi connectivity index (χ3v) is 4.26. The Hall–Kier alpha value is -1.77. The van der Waals surface area contributed by atoms with Gasteiger partial charge in [0.15, 0.2) is 0 Å². The van der Waals surface area contributed by atoms with Gasteiger partial charge in [-0.25, -0.2) is 0 Å². The monoisotopic (exact) mass is 270 g/mol. The van der Waals surface area contributed by atoms with Gasteiger partial charge in [0.2, 0.25) is 5.91 Å². The van der Waals surface area contributed by atoms with Gasteiger partial charge in [0, 0.05) is 24.8 Å². The predicted molar refractivity (Wildman–Crippen MR) is 81.7 cm³/mol. The summed E-state index contributed by atoms with van der Waals surface area (Å²) < 4.78 is 2.06. The molecule has 0 bridgehead atoms. The molecule has 0 spiro atoms. The SMILES string of the molecule is Cc1ccc2c(ccn2CC(=O)N2CCC(C)(C)C2)c1. The van der Waals surface area contributed by atoms with E-state index in [0.29, 0.717) is 6.54 Å². The smallest absolute Gasteiger partial charge is 0.242 e. The van der Waals surface area contributed by atoms with Crippen molar-refractivity contribution >= 4 is 16.8 Å². The Morgan fingerprint density at radius 3 is 2.80 bits per heavy atom. The van der Waals surface area contributed by atoms with E-state index in [1.807, 2.05) is 11.1 Å². The van der Waals surface area contributed by atoms with E-state index in [4.69, 9.17) is 0 Å². The molecular weight excluding hydrogens is 248 g/mol. The van der Waals surface area contributed by atoms with E-state index in [1.165, 1.54) is 10.9 Å². The molecule has 2 heterocycles. The van der Waals surface area contributed by atoms with Crippen LogP contribution in [-0.4, -0.2) is 28.5 Å². The first-order chi connectivity index (χ1) is 9.44. The number of carbonyl (C=O) groups is 1. The molecule has 0 radical (unpaired) electrons. The van der Waals surface area contributed by atoms with Crippen molar-refractivity contribution in [3.8, 4) is 0 Å². The highest BCUT2D eigenvalue weighted by atomic mass is 16.2. The maximum absolute atomic E-state index is 12.4. The number of hydrogen-bond acceptors (Lipinski definition) is 1. The van der Waals surface area contributed by atoms with Crippen LogP contribution in [0.1, 0.15) is 25.8 Å². The van der Waals surface area contributed by atoms with Crippen molar-refractivity contribution in [3.05, 3.63) is 36.0 Å². The van der Waals surface area contributed by atoms with Crippen LogP contribution in [0.3, 0.4) is 0 Å². The molecule has 1 aromatic heterocycles. The first kappa shape index (κ1) is 13.2. The molecule has 3 heteroatoms. The summed E-state index contributed by atoms with van der Waals surface area (Å²) in [6, 6.07) is 8.45. The lowest BCUT2D eigenvalue weighted by Crippen LogP contribution is -2.32. The van der Waals surface area contributed by atoms with Gasteiger partial charge >= 0.3 is 0 Å². The molecule has 0 atom stereocenters. The third kappa shape index (κ3) is 2.45. The van der Waals surface area contributed by atoms with Crippen molar-refractivity contribution in [3.63, 3.8) is 0 Å². The van der Waals surface area contributed by atoms with E-state index in [-0.39, 0.29) is 11.3 Å². The molecule has 1 saturated heterocycles. The number of likely N-dealkylation sites (tertiary alicyclic amines) is 1. The average Bonchev–Trinajstić information content (AvgIpc) is 2.93. The van der Waals surface area contributed by atoms with E-state index in [9.17, 15) is 4.79 Å². The molecule has 1 aliphatic rings. The summed E-state index contributed by atoms with van der Waals surface area (Å²) in [6.45, 7) is 8.77. The topological polar surface area (TPSA) is 25.2 Å². The summed E-state index contributed by atoms with van der Waals surface area (Å²) in [5.41, 5.74) is 2.66. The number of rotatable bonds is 2. The molecule has 3 nitrogen and oxygen atoms in total. The molecule has 0 saturated carbocycles. The summed E-state index contributed by atoms with van der Waals surface area (Å²) in [4.78, 5) is 14.4. The quantitative estimate of drug-likeness (QED) is 0.822. The van der Waals surface area contributed by atoms with Gasteiger partial charge < -0.3 is 9.47 Å². The van der Waals surface area contributed by atoms with Crippen molar-refractivity contribution in [2.75, 3.05) is 13.1 Å². The Balaban J connectivity index is 1.78. The van der Waals surface area contributed by atoms with Crippen molar-refractivity contribution in [2.24, 2.45) is 5.41 Å². The highest BCUT2D eigenvalue weighted by Crippen LogP contribution is 2.29. The van der Waals surface area contributed by atoms with Crippen LogP contribution in [-0.2, 0) is 11.3 Å². The van der Waals surface area contributed by atoms with Crippen molar-refractivity contribution in [1.82, 2.24) is 9.47 Å². The lowest BCUT2D eigenvalue weighted by molar-refractivity contribution is -0.131. The number of aromatic nitrogens is 1. The number of fused-ring (bicyclic) bond motifs is 1. The minimum Gasteiger partial charge on any atom is -0.341 e. The van der Waals surface area contributed by atoms with Crippen LogP contribution < -0.4 is 0 Å². The summed E-state index contributed by atoms with van der Waals surface area (Å²) in [5.74, 6) is 0.230. The zero-order chi connectivity index (χ0) is 14.3. The highest BCUT2D eigenvalue weighted by Gasteiger charge is 2.31. The maximum atomic E-state index is 12.4. The Morgan fingerprint density at radius 2 is 2.10 bits per heavy atom. The van der Waals surface area contributed by atoms with E-state index in [1.54, 1.807) is 0 Å². The normalized spacial score (nSPS) is 17.9. The number of benzene rings is 1. The number of carbonyl (C=O) groups excluding carboxylic acids is 1. The van der Waals surface area contributed by atoms with Gasteiger partial charge in [0.25, 0.3) is 0 Å². The number of aryl methyl sites for hydroxylation is 1. The van der Waals surface area contributed by atoms with Crippen molar-refractivity contribution in [2.45, 2.75) is 33.7 Å². The molecule has 3 rings (SSSR count). The largest absolute Gasteiger partial charge is 0.341 e. The van der Waals surface area contributed by atoms with E-state index >= 15 is 0 Å². The molecule has 1 aromatic carbocycles. The highest BCUT2D eigenvalue weighted by molar-refractivity contribution is 5.84.